The Hall–Kier alpha value is -3.16. The second-order valence-electron chi connectivity index (χ2n) is 7.60. The molecule has 1 aromatic carbocycles. The molecule has 7 nitrogen and oxygen atoms in total. The van der Waals surface area contributed by atoms with Gasteiger partial charge in [0, 0.05) is 38.4 Å². The summed E-state index contributed by atoms with van der Waals surface area (Å²) in [5.41, 5.74) is 2.51. The van der Waals surface area contributed by atoms with Crippen LogP contribution in [0.15, 0.2) is 41.3 Å². The third-order valence-corrected chi connectivity index (χ3v) is 5.68. The van der Waals surface area contributed by atoms with Gasteiger partial charge in [-0.2, -0.15) is 0 Å². The van der Waals surface area contributed by atoms with Crippen LogP contribution < -0.4 is 15.9 Å². The molecule has 2 atom stereocenters. The molecule has 0 aliphatic heterocycles. The van der Waals surface area contributed by atoms with E-state index >= 15 is 0 Å². The standard InChI is InChI=1S/C21H24FN5O2/c1-26(16-6-5-15(22)10-16)19-8-3-13(11-23-19)12-24-20(28)14-4-7-18-17(9-14)25-21(29)27(18)2/h3-4,7-9,11,15-16H,5-6,10,12H2,1-2H3,(H,24,28)(H,25,29)/t15-,16+/m1/s1. The van der Waals surface area contributed by atoms with Crippen LogP contribution in [0.2, 0.25) is 0 Å². The third-order valence-electron chi connectivity index (χ3n) is 5.68. The number of aryl methyl sites for hydroxylation is 1. The number of imidazole rings is 1. The van der Waals surface area contributed by atoms with Crippen LogP contribution in [0.25, 0.3) is 11.0 Å². The van der Waals surface area contributed by atoms with Crippen molar-refractivity contribution in [2.24, 2.45) is 7.05 Å². The van der Waals surface area contributed by atoms with Crippen molar-refractivity contribution in [1.29, 1.82) is 0 Å². The van der Waals surface area contributed by atoms with E-state index in [2.05, 4.69) is 15.3 Å². The van der Waals surface area contributed by atoms with Crippen molar-refractivity contribution in [3.63, 3.8) is 0 Å². The van der Waals surface area contributed by atoms with Gasteiger partial charge in [0.1, 0.15) is 12.0 Å². The minimum Gasteiger partial charge on any atom is -0.357 e. The fraction of sp³-hybridized carbons (Fsp3) is 0.381. The van der Waals surface area contributed by atoms with Crippen molar-refractivity contribution in [1.82, 2.24) is 19.9 Å². The van der Waals surface area contributed by atoms with Crippen molar-refractivity contribution in [2.75, 3.05) is 11.9 Å². The van der Waals surface area contributed by atoms with E-state index in [0.29, 0.717) is 30.5 Å². The summed E-state index contributed by atoms with van der Waals surface area (Å²) in [5.74, 6) is 0.579. The second kappa shape index (κ2) is 7.69. The largest absolute Gasteiger partial charge is 0.357 e. The first-order valence-corrected chi connectivity index (χ1v) is 9.71. The molecule has 1 aliphatic carbocycles. The van der Waals surface area contributed by atoms with Gasteiger partial charge in [-0.25, -0.2) is 14.2 Å². The van der Waals surface area contributed by atoms with E-state index in [1.54, 1.807) is 31.4 Å². The average molecular weight is 397 g/mol. The molecular formula is C21H24FN5O2. The Morgan fingerprint density at radius 2 is 2.17 bits per heavy atom. The predicted octanol–water partition coefficient (Wildman–Crippen LogP) is 2.52. The highest BCUT2D eigenvalue weighted by molar-refractivity contribution is 5.97. The van der Waals surface area contributed by atoms with Crippen LogP contribution in [-0.4, -0.2) is 39.7 Å². The summed E-state index contributed by atoms with van der Waals surface area (Å²) in [4.78, 5) is 33.4. The topological polar surface area (TPSA) is 83.0 Å². The van der Waals surface area contributed by atoms with Crippen LogP contribution in [0.1, 0.15) is 35.2 Å². The molecule has 0 unspecified atom stereocenters. The lowest BCUT2D eigenvalue weighted by Crippen LogP contribution is -2.30. The molecule has 8 heteroatoms. The molecule has 1 aliphatic rings. The zero-order valence-corrected chi connectivity index (χ0v) is 16.5. The number of carbonyl (C=O) groups is 1. The van der Waals surface area contributed by atoms with Gasteiger partial charge in [0.25, 0.3) is 5.91 Å². The number of hydrogen-bond acceptors (Lipinski definition) is 4. The van der Waals surface area contributed by atoms with Crippen molar-refractivity contribution >= 4 is 22.8 Å². The van der Waals surface area contributed by atoms with Gasteiger partial charge in [0.2, 0.25) is 0 Å². The van der Waals surface area contributed by atoms with Crippen LogP contribution in [-0.2, 0) is 13.6 Å². The smallest absolute Gasteiger partial charge is 0.326 e. The molecule has 0 saturated heterocycles. The molecule has 29 heavy (non-hydrogen) atoms. The summed E-state index contributed by atoms with van der Waals surface area (Å²) in [5, 5.41) is 2.87. The zero-order chi connectivity index (χ0) is 20.5. The quantitative estimate of drug-likeness (QED) is 0.693. The number of halogens is 1. The summed E-state index contributed by atoms with van der Waals surface area (Å²) in [6, 6.07) is 9.11. The molecule has 3 aromatic rings. The number of alkyl halides is 1. The van der Waals surface area contributed by atoms with Gasteiger partial charge >= 0.3 is 5.69 Å². The SMILES string of the molecule is CN(c1ccc(CNC(=O)c2ccc3c(c2)[nH]c(=O)n3C)cn1)[C@H]1CC[C@@H](F)C1. The van der Waals surface area contributed by atoms with Crippen LogP contribution >= 0.6 is 0 Å². The van der Waals surface area contributed by atoms with Gasteiger partial charge in [0.15, 0.2) is 0 Å². The number of carbonyl (C=O) groups excluding carboxylic acids is 1. The van der Waals surface area contributed by atoms with E-state index in [1.165, 1.54) is 4.57 Å². The molecule has 2 N–H and O–H groups in total. The number of pyridine rings is 1. The minimum absolute atomic E-state index is 0.183. The fourth-order valence-electron chi connectivity index (χ4n) is 3.84. The first kappa shape index (κ1) is 19.2. The molecule has 2 heterocycles. The summed E-state index contributed by atoms with van der Waals surface area (Å²) < 4.78 is 14.9. The molecule has 1 fully saturated rings. The molecule has 4 rings (SSSR count). The van der Waals surface area contributed by atoms with E-state index < -0.39 is 6.17 Å². The zero-order valence-electron chi connectivity index (χ0n) is 16.5. The van der Waals surface area contributed by atoms with E-state index in [9.17, 15) is 14.0 Å². The van der Waals surface area contributed by atoms with Gasteiger partial charge in [-0.05, 0) is 49.1 Å². The lowest BCUT2D eigenvalue weighted by Gasteiger charge is -2.25. The maximum absolute atomic E-state index is 13.4. The van der Waals surface area contributed by atoms with Gasteiger partial charge < -0.3 is 15.2 Å². The van der Waals surface area contributed by atoms with Crippen LogP contribution in [0.5, 0.6) is 0 Å². The Morgan fingerprint density at radius 1 is 1.34 bits per heavy atom. The number of nitrogens with zero attached hydrogens (tertiary/aromatic N) is 3. The number of benzene rings is 1. The Bertz CT molecular complexity index is 1090. The van der Waals surface area contributed by atoms with Crippen LogP contribution in [0, 0.1) is 0 Å². The normalized spacial score (nSPS) is 18.9. The first-order valence-electron chi connectivity index (χ1n) is 9.71. The van der Waals surface area contributed by atoms with E-state index in [-0.39, 0.29) is 17.6 Å². The van der Waals surface area contributed by atoms with E-state index in [1.807, 2.05) is 24.1 Å². The van der Waals surface area contributed by atoms with Crippen molar-refractivity contribution in [3.05, 3.63) is 58.1 Å². The number of nitrogens with one attached hydrogen (secondary N) is 2. The molecule has 1 amide bonds. The number of rotatable bonds is 5. The number of hydrogen-bond donors (Lipinski definition) is 2. The number of anilines is 1. The number of H-pyrrole nitrogens is 1. The van der Waals surface area contributed by atoms with Gasteiger partial charge in [-0.15, -0.1) is 0 Å². The summed E-state index contributed by atoms with van der Waals surface area (Å²) in [7, 11) is 3.62. The maximum atomic E-state index is 13.4. The molecule has 0 spiro atoms. The third kappa shape index (κ3) is 3.87. The monoisotopic (exact) mass is 397 g/mol. The van der Waals surface area contributed by atoms with Gasteiger partial charge in [0.05, 0.1) is 11.0 Å². The Labute approximate surface area is 167 Å². The van der Waals surface area contributed by atoms with Crippen molar-refractivity contribution in [3.8, 4) is 0 Å². The molecule has 2 aromatic heterocycles. The lowest BCUT2D eigenvalue weighted by molar-refractivity contribution is 0.0951. The fourth-order valence-corrected chi connectivity index (χ4v) is 3.84. The van der Waals surface area contributed by atoms with Gasteiger partial charge in [-0.1, -0.05) is 6.07 Å². The van der Waals surface area contributed by atoms with Crippen LogP contribution in [0.3, 0.4) is 0 Å². The average Bonchev–Trinajstić information content (AvgIpc) is 3.28. The lowest BCUT2D eigenvalue weighted by atomic mass is 10.1. The first-order chi connectivity index (χ1) is 13.9. The van der Waals surface area contributed by atoms with Crippen molar-refractivity contribution in [2.45, 2.75) is 38.0 Å². The Balaban J connectivity index is 1.38. The maximum Gasteiger partial charge on any atom is 0.326 e. The summed E-state index contributed by atoms with van der Waals surface area (Å²) >= 11 is 0. The summed E-state index contributed by atoms with van der Waals surface area (Å²) in [6.45, 7) is 0.342. The van der Waals surface area contributed by atoms with Crippen LogP contribution in [0.4, 0.5) is 10.2 Å². The van der Waals surface area contributed by atoms with Crippen molar-refractivity contribution < 1.29 is 9.18 Å². The molecular weight excluding hydrogens is 373 g/mol. The number of aromatic amines is 1. The molecule has 1 saturated carbocycles. The number of fused-ring (bicyclic) bond motifs is 1. The number of amides is 1. The van der Waals surface area contributed by atoms with E-state index in [0.717, 1.165) is 23.3 Å². The summed E-state index contributed by atoms with van der Waals surface area (Å²) in [6.07, 6.45) is 3.01. The Kier molecular flexibility index (Phi) is 5.08. The minimum atomic E-state index is -0.718. The highest BCUT2D eigenvalue weighted by Gasteiger charge is 2.27. The Morgan fingerprint density at radius 3 is 2.86 bits per heavy atom. The number of aromatic nitrogens is 3. The highest BCUT2D eigenvalue weighted by Crippen LogP contribution is 2.28. The predicted molar refractivity (Wildman–Crippen MR) is 110 cm³/mol. The molecule has 152 valence electrons. The van der Waals surface area contributed by atoms with Gasteiger partial charge in [-0.3, -0.25) is 9.36 Å². The second-order valence-corrected chi connectivity index (χ2v) is 7.60. The van der Waals surface area contributed by atoms with E-state index in [4.69, 9.17) is 0 Å². The molecule has 0 radical (unpaired) electrons. The highest BCUT2D eigenvalue weighted by atomic mass is 19.1. The molecule has 0 bridgehead atoms.